The van der Waals surface area contributed by atoms with Crippen LogP contribution in [0.2, 0.25) is 0 Å². The van der Waals surface area contributed by atoms with Crippen molar-refractivity contribution in [3.63, 3.8) is 0 Å². The van der Waals surface area contributed by atoms with E-state index in [-0.39, 0.29) is 0 Å². The number of hydrogen-bond donors (Lipinski definition) is 0. The predicted molar refractivity (Wildman–Crippen MR) is 97.9 cm³/mol. The van der Waals surface area contributed by atoms with E-state index in [9.17, 15) is 0 Å². The van der Waals surface area contributed by atoms with Gasteiger partial charge in [0.1, 0.15) is 6.33 Å². The quantitative estimate of drug-likeness (QED) is 0.478. The number of halogens is 1. The van der Waals surface area contributed by atoms with Gasteiger partial charge in [-0.25, -0.2) is 0 Å². The first-order valence-electron chi connectivity index (χ1n) is 7.09. The SMILES string of the molecule is Cc1ccc(CSc2nncn2N=Cc2ccc(Br)cc2)cc1. The second-order valence-corrected chi connectivity index (χ2v) is 6.89. The van der Waals surface area contributed by atoms with Crippen LogP contribution < -0.4 is 0 Å². The summed E-state index contributed by atoms with van der Waals surface area (Å²) in [6.45, 7) is 2.09. The van der Waals surface area contributed by atoms with Crippen LogP contribution in [0.5, 0.6) is 0 Å². The van der Waals surface area contributed by atoms with E-state index in [0.717, 1.165) is 20.9 Å². The number of hydrogen-bond acceptors (Lipinski definition) is 4. The number of nitrogens with zero attached hydrogens (tertiary/aromatic N) is 4. The minimum Gasteiger partial charge on any atom is -0.195 e. The minimum atomic E-state index is 0.777. The van der Waals surface area contributed by atoms with E-state index in [0.29, 0.717) is 0 Å². The third-order valence-corrected chi connectivity index (χ3v) is 4.72. The molecule has 0 bridgehead atoms. The molecule has 2 aromatic carbocycles. The lowest BCUT2D eigenvalue weighted by molar-refractivity contribution is 0.767. The van der Waals surface area contributed by atoms with Crippen molar-refractivity contribution in [3.8, 4) is 0 Å². The largest absolute Gasteiger partial charge is 0.212 e. The van der Waals surface area contributed by atoms with E-state index < -0.39 is 0 Å². The number of aromatic nitrogens is 3. The fourth-order valence-electron chi connectivity index (χ4n) is 1.90. The van der Waals surface area contributed by atoms with Crippen molar-refractivity contribution in [2.75, 3.05) is 0 Å². The van der Waals surface area contributed by atoms with E-state index in [1.165, 1.54) is 11.1 Å². The molecule has 0 unspecified atom stereocenters. The molecule has 0 spiro atoms. The van der Waals surface area contributed by atoms with Crippen LogP contribution in [-0.2, 0) is 5.75 Å². The first-order valence-corrected chi connectivity index (χ1v) is 8.87. The van der Waals surface area contributed by atoms with Gasteiger partial charge in [0.05, 0.1) is 6.21 Å². The lowest BCUT2D eigenvalue weighted by atomic mass is 10.2. The summed E-state index contributed by atoms with van der Waals surface area (Å²) in [5.74, 6) is 0.840. The second kappa shape index (κ2) is 7.57. The molecule has 116 valence electrons. The summed E-state index contributed by atoms with van der Waals surface area (Å²) in [6.07, 6.45) is 3.42. The van der Waals surface area contributed by atoms with Crippen LogP contribution >= 0.6 is 27.7 Å². The van der Waals surface area contributed by atoms with Crippen molar-refractivity contribution in [2.24, 2.45) is 5.10 Å². The molecule has 0 saturated heterocycles. The van der Waals surface area contributed by atoms with E-state index in [1.54, 1.807) is 29.0 Å². The van der Waals surface area contributed by atoms with Gasteiger partial charge in [0, 0.05) is 10.2 Å². The number of rotatable bonds is 5. The lowest BCUT2D eigenvalue weighted by Crippen LogP contribution is -1.92. The van der Waals surface area contributed by atoms with Crippen molar-refractivity contribution < 1.29 is 0 Å². The van der Waals surface area contributed by atoms with Crippen molar-refractivity contribution in [1.29, 1.82) is 0 Å². The molecule has 1 heterocycles. The van der Waals surface area contributed by atoms with Crippen molar-refractivity contribution in [2.45, 2.75) is 17.8 Å². The van der Waals surface area contributed by atoms with E-state index in [1.807, 2.05) is 24.3 Å². The molecule has 0 fully saturated rings. The standard InChI is InChI=1S/C17H15BrN4S/c1-13-2-4-15(5-3-13)11-23-17-21-19-12-22(17)20-10-14-6-8-16(18)9-7-14/h2-10,12H,11H2,1H3. The fraction of sp³-hybridized carbons (Fsp3) is 0.118. The molecule has 1 aromatic heterocycles. The molecule has 23 heavy (non-hydrogen) atoms. The van der Waals surface area contributed by atoms with E-state index in [4.69, 9.17) is 0 Å². The summed E-state index contributed by atoms with van der Waals surface area (Å²) < 4.78 is 2.74. The van der Waals surface area contributed by atoms with Crippen molar-refractivity contribution >= 4 is 33.9 Å². The zero-order chi connectivity index (χ0) is 16.1. The topological polar surface area (TPSA) is 43.1 Å². The van der Waals surface area contributed by atoms with Crippen molar-refractivity contribution in [3.05, 3.63) is 76.0 Å². The summed E-state index contributed by atoms with van der Waals surface area (Å²) in [4.78, 5) is 0. The smallest absolute Gasteiger partial charge is 0.195 e. The third-order valence-electron chi connectivity index (χ3n) is 3.19. The molecule has 3 aromatic rings. The van der Waals surface area contributed by atoms with Crippen LogP contribution in [0.25, 0.3) is 0 Å². The third kappa shape index (κ3) is 4.53. The molecule has 0 aliphatic rings. The molecule has 0 aliphatic carbocycles. The minimum absolute atomic E-state index is 0.777. The van der Waals surface area contributed by atoms with Crippen molar-refractivity contribution in [1.82, 2.24) is 14.9 Å². The lowest BCUT2D eigenvalue weighted by Gasteiger charge is -2.02. The Kier molecular flexibility index (Phi) is 5.25. The molecule has 0 aliphatic heterocycles. The number of benzene rings is 2. The van der Waals surface area contributed by atoms with Crippen LogP contribution in [0.15, 0.2) is 69.6 Å². The Morgan fingerprint density at radius 2 is 1.87 bits per heavy atom. The normalized spacial score (nSPS) is 11.2. The molecule has 3 rings (SSSR count). The van der Waals surface area contributed by atoms with Crippen LogP contribution in [0, 0.1) is 6.92 Å². The van der Waals surface area contributed by atoms with Gasteiger partial charge in [-0.05, 0) is 30.2 Å². The van der Waals surface area contributed by atoms with Crippen LogP contribution in [0.3, 0.4) is 0 Å². The number of aryl methyl sites for hydroxylation is 1. The highest BCUT2D eigenvalue weighted by Gasteiger charge is 2.04. The number of thioether (sulfide) groups is 1. The Bertz CT molecular complexity index is 794. The Morgan fingerprint density at radius 3 is 2.61 bits per heavy atom. The maximum Gasteiger partial charge on any atom is 0.212 e. The molecular weight excluding hydrogens is 372 g/mol. The maximum atomic E-state index is 4.42. The average Bonchev–Trinajstić information content (AvgIpc) is 3.01. The molecule has 0 atom stereocenters. The predicted octanol–water partition coefficient (Wildman–Crippen LogP) is 4.52. The zero-order valence-corrected chi connectivity index (χ0v) is 15.0. The molecule has 6 heteroatoms. The van der Waals surface area contributed by atoms with Gasteiger partial charge in [-0.2, -0.15) is 9.78 Å². The van der Waals surface area contributed by atoms with Crippen LogP contribution in [0.4, 0.5) is 0 Å². The van der Waals surface area contributed by atoms with Gasteiger partial charge in [-0.1, -0.05) is 69.7 Å². The Balaban J connectivity index is 1.67. The summed E-state index contributed by atoms with van der Waals surface area (Å²) >= 11 is 5.04. The van der Waals surface area contributed by atoms with Gasteiger partial charge >= 0.3 is 0 Å². The monoisotopic (exact) mass is 386 g/mol. The second-order valence-electron chi connectivity index (χ2n) is 5.03. The van der Waals surface area contributed by atoms with E-state index >= 15 is 0 Å². The molecule has 4 nitrogen and oxygen atoms in total. The van der Waals surface area contributed by atoms with Crippen LogP contribution in [0.1, 0.15) is 16.7 Å². The summed E-state index contributed by atoms with van der Waals surface area (Å²) in [5, 5.41) is 13.3. The molecule has 0 radical (unpaired) electrons. The highest BCUT2D eigenvalue weighted by Crippen LogP contribution is 2.20. The first-order chi connectivity index (χ1) is 11.2. The van der Waals surface area contributed by atoms with Crippen LogP contribution in [-0.4, -0.2) is 21.1 Å². The van der Waals surface area contributed by atoms with Gasteiger partial charge in [0.2, 0.25) is 5.16 Å². The Hall–Kier alpha value is -1.92. The van der Waals surface area contributed by atoms with E-state index in [2.05, 4.69) is 62.4 Å². The highest BCUT2D eigenvalue weighted by molar-refractivity contribution is 9.10. The first kappa shape index (κ1) is 16.0. The highest BCUT2D eigenvalue weighted by atomic mass is 79.9. The van der Waals surface area contributed by atoms with Gasteiger partial charge < -0.3 is 0 Å². The summed E-state index contributed by atoms with van der Waals surface area (Å²) in [7, 11) is 0. The zero-order valence-electron chi connectivity index (χ0n) is 12.6. The van der Waals surface area contributed by atoms with Gasteiger partial charge in [-0.15, -0.1) is 10.2 Å². The average molecular weight is 387 g/mol. The molecular formula is C17H15BrN4S. The Labute approximate surface area is 147 Å². The Morgan fingerprint density at radius 1 is 1.13 bits per heavy atom. The fourth-order valence-corrected chi connectivity index (χ4v) is 2.99. The molecule has 0 amide bonds. The van der Waals surface area contributed by atoms with Gasteiger partial charge in [-0.3, -0.25) is 0 Å². The van der Waals surface area contributed by atoms with Gasteiger partial charge in [0.15, 0.2) is 0 Å². The summed E-state index contributed by atoms with van der Waals surface area (Å²) in [5.41, 5.74) is 3.55. The maximum absolute atomic E-state index is 4.42. The summed E-state index contributed by atoms with van der Waals surface area (Å²) in [6, 6.07) is 16.5. The van der Waals surface area contributed by atoms with Gasteiger partial charge in [0.25, 0.3) is 0 Å². The molecule has 0 N–H and O–H groups in total. The molecule has 0 saturated carbocycles.